The van der Waals surface area contributed by atoms with Crippen LogP contribution in [0.3, 0.4) is 0 Å². The van der Waals surface area contributed by atoms with Gasteiger partial charge in [-0.15, -0.1) is 11.3 Å². The smallest absolute Gasteiger partial charge is 0.228 e. The van der Waals surface area contributed by atoms with Crippen molar-refractivity contribution in [2.75, 3.05) is 13.1 Å². The van der Waals surface area contributed by atoms with E-state index in [0.29, 0.717) is 38.0 Å². The third-order valence-electron chi connectivity index (χ3n) is 5.69. The molecule has 3 heterocycles. The number of pyridine rings is 1. The summed E-state index contributed by atoms with van der Waals surface area (Å²) < 4.78 is 13.7. The molecular formula is C24H25FN4O2S. The number of rotatable bonds is 6. The summed E-state index contributed by atoms with van der Waals surface area (Å²) in [5, 5.41) is 5.60. The molecule has 8 heteroatoms. The first-order valence-corrected chi connectivity index (χ1v) is 11.5. The molecule has 0 bridgehead atoms. The zero-order valence-corrected chi connectivity index (χ0v) is 18.7. The Bertz CT molecular complexity index is 1090. The van der Waals surface area contributed by atoms with Gasteiger partial charge in [0.2, 0.25) is 11.8 Å². The normalized spacial score (nSPS) is 14.4. The van der Waals surface area contributed by atoms with Crippen LogP contribution in [0, 0.1) is 18.7 Å². The van der Waals surface area contributed by atoms with Gasteiger partial charge in [0.1, 0.15) is 10.8 Å². The summed E-state index contributed by atoms with van der Waals surface area (Å²) in [6.45, 7) is 3.11. The van der Waals surface area contributed by atoms with E-state index in [1.54, 1.807) is 24.1 Å². The highest BCUT2D eigenvalue weighted by molar-refractivity contribution is 7.13. The number of hydrogen-bond acceptors (Lipinski definition) is 5. The number of carbonyl (C=O) groups excluding carboxylic acids is 2. The number of nitrogens with zero attached hydrogens (tertiary/aromatic N) is 3. The number of amides is 2. The van der Waals surface area contributed by atoms with Crippen molar-refractivity contribution in [3.63, 3.8) is 0 Å². The third kappa shape index (κ3) is 5.37. The summed E-state index contributed by atoms with van der Waals surface area (Å²) in [7, 11) is 0. The number of piperidine rings is 1. The molecule has 3 aromatic rings. The van der Waals surface area contributed by atoms with Gasteiger partial charge in [0.25, 0.3) is 0 Å². The average Bonchev–Trinajstić information content (AvgIpc) is 3.29. The first-order chi connectivity index (χ1) is 15.5. The Morgan fingerprint density at radius 1 is 1.22 bits per heavy atom. The summed E-state index contributed by atoms with van der Waals surface area (Å²) in [5.41, 5.74) is 2.87. The molecule has 1 fully saturated rings. The van der Waals surface area contributed by atoms with Crippen molar-refractivity contribution in [2.45, 2.75) is 32.7 Å². The number of halogens is 1. The topological polar surface area (TPSA) is 75.2 Å². The van der Waals surface area contributed by atoms with Crippen LogP contribution in [0.25, 0.3) is 10.7 Å². The second-order valence-corrected chi connectivity index (χ2v) is 8.85. The van der Waals surface area contributed by atoms with Crippen LogP contribution in [0.1, 0.15) is 29.7 Å². The zero-order valence-electron chi connectivity index (χ0n) is 17.9. The first-order valence-electron chi connectivity index (χ1n) is 10.7. The molecule has 1 aliphatic rings. The van der Waals surface area contributed by atoms with Crippen LogP contribution in [0.5, 0.6) is 0 Å². The number of hydrogen-bond donors (Lipinski definition) is 1. The molecule has 0 saturated carbocycles. The summed E-state index contributed by atoms with van der Waals surface area (Å²) in [4.78, 5) is 35.8. The molecule has 0 atom stereocenters. The van der Waals surface area contributed by atoms with Crippen molar-refractivity contribution in [1.29, 1.82) is 0 Å². The lowest BCUT2D eigenvalue weighted by atomic mass is 9.95. The van der Waals surface area contributed by atoms with Gasteiger partial charge < -0.3 is 10.2 Å². The number of carbonyl (C=O) groups is 2. The van der Waals surface area contributed by atoms with E-state index in [9.17, 15) is 14.0 Å². The Balaban J connectivity index is 1.24. The summed E-state index contributed by atoms with van der Waals surface area (Å²) in [6.07, 6.45) is 3.21. The van der Waals surface area contributed by atoms with Crippen LogP contribution >= 0.6 is 11.3 Å². The highest BCUT2D eigenvalue weighted by Gasteiger charge is 2.27. The quantitative estimate of drug-likeness (QED) is 0.618. The van der Waals surface area contributed by atoms with Gasteiger partial charge >= 0.3 is 0 Å². The predicted octanol–water partition coefficient (Wildman–Crippen LogP) is 3.75. The molecule has 32 heavy (non-hydrogen) atoms. The van der Waals surface area contributed by atoms with Crippen LogP contribution in [0.4, 0.5) is 4.39 Å². The number of likely N-dealkylation sites (tertiary alicyclic amines) is 1. The van der Waals surface area contributed by atoms with Gasteiger partial charge in [-0.25, -0.2) is 9.37 Å². The van der Waals surface area contributed by atoms with Gasteiger partial charge in [0.05, 0.1) is 17.8 Å². The van der Waals surface area contributed by atoms with Gasteiger partial charge in [-0.2, -0.15) is 0 Å². The minimum absolute atomic E-state index is 0.0249. The molecule has 2 aromatic heterocycles. The molecule has 166 valence electrons. The second-order valence-electron chi connectivity index (χ2n) is 7.99. The van der Waals surface area contributed by atoms with E-state index < -0.39 is 0 Å². The monoisotopic (exact) mass is 452 g/mol. The fraction of sp³-hybridized carbons (Fsp3) is 0.333. The molecular weight excluding hydrogens is 427 g/mol. The molecule has 2 amide bonds. The van der Waals surface area contributed by atoms with Gasteiger partial charge in [-0.3, -0.25) is 14.6 Å². The fourth-order valence-corrected chi connectivity index (χ4v) is 4.53. The van der Waals surface area contributed by atoms with Crippen LogP contribution in [0.15, 0.2) is 48.0 Å². The fourth-order valence-electron chi connectivity index (χ4n) is 3.73. The lowest BCUT2D eigenvalue weighted by molar-refractivity contribution is -0.135. The first kappa shape index (κ1) is 22.1. The predicted molar refractivity (Wildman–Crippen MR) is 121 cm³/mol. The summed E-state index contributed by atoms with van der Waals surface area (Å²) in [5.74, 6) is -0.422. The Labute approximate surface area is 190 Å². The van der Waals surface area contributed by atoms with Crippen molar-refractivity contribution in [1.82, 2.24) is 20.2 Å². The highest BCUT2D eigenvalue weighted by atomic mass is 32.1. The van der Waals surface area contributed by atoms with E-state index >= 15 is 0 Å². The van der Waals surface area contributed by atoms with Crippen molar-refractivity contribution in [3.8, 4) is 10.7 Å². The average molecular weight is 453 g/mol. The maximum atomic E-state index is 13.7. The molecule has 1 aromatic carbocycles. The van der Waals surface area contributed by atoms with E-state index in [4.69, 9.17) is 0 Å². The summed E-state index contributed by atoms with van der Waals surface area (Å²) >= 11 is 1.48. The van der Waals surface area contributed by atoms with Gasteiger partial charge in [-0.1, -0.05) is 18.2 Å². The highest BCUT2D eigenvalue weighted by Crippen LogP contribution is 2.23. The van der Waals surface area contributed by atoms with Crippen LogP contribution in [0.2, 0.25) is 0 Å². The van der Waals surface area contributed by atoms with E-state index in [2.05, 4.69) is 15.3 Å². The van der Waals surface area contributed by atoms with E-state index in [-0.39, 0.29) is 30.0 Å². The molecule has 1 saturated heterocycles. The SMILES string of the molecule is Cc1ccc(CNC(=O)C2CCN(C(=O)Cc3csc(-c4ccccn4)n3)CC2)cc1F. The van der Waals surface area contributed by atoms with Crippen molar-refractivity contribution in [3.05, 3.63) is 70.6 Å². The van der Waals surface area contributed by atoms with E-state index in [1.807, 2.05) is 29.6 Å². The van der Waals surface area contributed by atoms with Crippen molar-refractivity contribution in [2.24, 2.45) is 5.92 Å². The van der Waals surface area contributed by atoms with Gasteiger partial charge in [0, 0.05) is 37.1 Å². The number of aryl methyl sites for hydroxylation is 1. The maximum absolute atomic E-state index is 13.7. The Kier molecular flexibility index (Phi) is 6.90. The minimum atomic E-state index is -0.268. The Morgan fingerprint density at radius 3 is 2.75 bits per heavy atom. The molecule has 6 nitrogen and oxygen atoms in total. The van der Waals surface area contributed by atoms with Gasteiger partial charge in [0.15, 0.2) is 0 Å². The lowest BCUT2D eigenvalue weighted by Crippen LogP contribution is -2.43. The van der Waals surface area contributed by atoms with Crippen molar-refractivity contribution >= 4 is 23.2 Å². The lowest BCUT2D eigenvalue weighted by Gasteiger charge is -2.31. The number of nitrogens with one attached hydrogen (secondary N) is 1. The molecule has 1 aliphatic heterocycles. The third-order valence-corrected chi connectivity index (χ3v) is 6.60. The van der Waals surface area contributed by atoms with Crippen molar-refractivity contribution < 1.29 is 14.0 Å². The number of thiazole rings is 1. The van der Waals surface area contributed by atoms with Gasteiger partial charge in [-0.05, 0) is 49.1 Å². The molecule has 0 unspecified atom stereocenters. The van der Waals surface area contributed by atoms with Crippen LogP contribution < -0.4 is 5.32 Å². The largest absolute Gasteiger partial charge is 0.352 e. The van der Waals surface area contributed by atoms with E-state index in [0.717, 1.165) is 22.0 Å². The second kappa shape index (κ2) is 9.99. The molecule has 0 aliphatic carbocycles. The molecule has 4 rings (SSSR count). The Morgan fingerprint density at radius 2 is 2.03 bits per heavy atom. The Hall–Kier alpha value is -3.13. The number of benzene rings is 1. The van der Waals surface area contributed by atoms with E-state index in [1.165, 1.54) is 17.4 Å². The molecule has 1 N–H and O–H groups in total. The van der Waals surface area contributed by atoms with Crippen LogP contribution in [-0.4, -0.2) is 39.8 Å². The minimum Gasteiger partial charge on any atom is -0.352 e. The maximum Gasteiger partial charge on any atom is 0.228 e. The number of aromatic nitrogens is 2. The standard InChI is InChI=1S/C24H25FN4O2S/c1-16-5-6-17(12-20(16)25)14-27-23(31)18-7-10-29(11-8-18)22(30)13-19-15-32-24(28-19)21-4-2-3-9-26-21/h2-6,9,12,15,18H,7-8,10-11,13-14H2,1H3,(H,27,31). The molecule has 0 spiro atoms. The van der Waals surface area contributed by atoms with Crippen LogP contribution in [-0.2, 0) is 22.6 Å². The zero-order chi connectivity index (χ0) is 22.5. The molecule has 0 radical (unpaired) electrons. The summed E-state index contributed by atoms with van der Waals surface area (Å²) in [6, 6.07) is 10.6.